The summed E-state index contributed by atoms with van der Waals surface area (Å²) in [7, 11) is 1.80. The first-order valence-electron chi connectivity index (χ1n) is 6.94. The number of nitrogens with zero attached hydrogens (tertiary/aromatic N) is 1. The van der Waals surface area contributed by atoms with Gasteiger partial charge in [0.1, 0.15) is 8.07 Å². The molecule has 2 nitrogen and oxygen atoms in total. The van der Waals surface area contributed by atoms with Crippen LogP contribution in [-0.4, -0.2) is 33.5 Å². The Kier molecular flexibility index (Phi) is 5.37. The van der Waals surface area contributed by atoms with Crippen molar-refractivity contribution >= 4 is 13.8 Å². The standard InChI is InChI=1S/C16H22F3NOSi/c1-20(2)14-9-7-13(8-10-14)15(21,16(17,18)19)11-6-12-22(3,4)5/h7-10,21H,11H2,1-5H3/t15-/m0/s1. The maximum atomic E-state index is 13.4. The summed E-state index contributed by atoms with van der Waals surface area (Å²) in [5.74, 6) is 2.54. The molecular formula is C16H22F3NOSi. The number of alkyl halides is 3. The average Bonchev–Trinajstić information content (AvgIpc) is 2.35. The van der Waals surface area contributed by atoms with Crippen molar-refractivity contribution in [3.63, 3.8) is 0 Å². The second kappa shape index (κ2) is 6.35. The van der Waals surface area contributed by atoms with Crippen LogP contribution in [0.15, 0.2) is 24.3 Å². The first-order chi connectivity index (χ1) is 9.87. The summed E-state index contributed by atoms with van der Waals surface area (Å²) in [4.78, 5) is 1.78. The molecule has 0 bridgehead atoms. The van der Waals surface area contributed by atoms with Crippen LogP contribution < -0.4 is 4.90 Å². The molecule has 22 heavy (non-hydrogen) atoms. The molecule has 1 aromatic rings. The van der Waals surface area contributed by atoms with Crippen LogP contribution in [-0.2, 0) is 5.60 Å². The van der Waals surface area contributed by atoms with Gasteiger partial charge in [-0.2, -0.15) is 13.2 Å². The fourth-order valence-corrected chi connectivity index (χ4v) is 2.46. The van der Waals surface area contributed by atoms with Crippen LogP contribution in [0.5, 0.6) is 0 Å². The molecule has 0 aliphatic carbocycles. The van der Waals surface area contributed by atoms with Gasteiger partial charge in [-0.15, -0.1) is 11.5 Å². The van der Waals surface area contributed by atoms with Gasteiger partial charge in [-0.3, -0.25) is 0 Å². The minimum atomic E-state index is -4.78. The van der Waals surface area contributed by atoms with Crippen LogP contribution in [0.2, 0.25) is 19.6 Å². The Balaban J connectivity index is 3.19. The van der Waals surface area contributed by atoms with Gasteiger partial charge in [-0.05, 0) is 17.7 Å². The highest BCUT2D eigenvalue weighted by atomic mass is 28.3. The van der Waals surface area contributed by atoms with E-state index in [4.69, 9.17) is 0 Å². The summed E-state index contributed by atoms with van der Waals surface area (Å²) in [5, 5.41) is 10.2. The van der Waals surface area contributed by atoms with Crippen molar-refractivity contribution in [3.05, 3.63) is 29.8 Å². The maximum absolute atomic E-state index is 13.4. The van der Waals surface area contributed by atoms with Gasteiger partial charge in [0, 0.05) is 19.8 Å². The number of benzene rings is 1. The van der Waals surface area contributed by atoms with Crippen molar-refractivity contribution < 1.29 is 18.3 Å². The fourth-order valence-electron chi connectivity index (χ4n) is 1.84. The van der Waals surface area contributed by atoms with E-state index >= 15 is 0 Å². The molecule has 0 radical (unpaired) electrons. The third kappa shape index (κ3) is 4.52. The molecule has 0 fully saturated rings. The lowest BCUT2D eigenvalue weighted by atomic mass is 9.90. The number of hydrogen-bond acceptors (Lipinski definition) is 2. The molecule has 0 spiro atoms. The number of aliphatic hydroxyl groups is 1. The van der Waals surface area contributed by atoms with Gasteiger partial charge in [-0.25, -0.2) is 0 Å². The predicted octanol–water partition coefficient (Wildman–Crippen LogP) is 3.77. The van der Waals surface area contributed by atoms with Crippen molar-refractivity contribution in [2.45, 2.75) is 37.8 Å². The lowest BCUT2D eigenvalue weighted by molar-refractivity contribution is -0.264. The SMILES string of the molecule is CN(C)c1ccc([C@@](O)(CC#C[Si](C)(C)C)C(F)(F)F)cc1. The summed E-state index contributed by atoms with van der Waals surface area (Å²) >= 11 is 0. The molecule has 0 heterocycles. The van der Waals surface area contributed by atoms with E-state index in [-0.39, 0.29) is 5.56 Å². The average molecular weight is 329 g/mol. The van der Waals surface area contributed by atoms with Gasteiger partial charge in [0.15, 0.2) is 5.60 Å². The molecule has 1 aromatic carbocycles. The Labute approximate surface area is 131 Å². The molecule has 1 N–H and O–H groups in total. The number of halogens is 3. The Morgan fingerprint density at radius 1 is 1.09 bits per heavy atom. The van der Waals surface area contributed by atoms with Gasteiger partial charge in [0.05, 0.1) is 6.42 Å². The van der Waals surface area contributed by atoms with Gasteiger partial charge >= 0.3 is 6.18 Å². The summed E-state index contributed by atoms with van der Waals surface area (Å²) in [6, 6.07) is 5.72. The lowest BCUT2D eigenvalue weighted by Crippen LogP contribution is -2.42. The zero-order valence-corrected chi connectivity index (χ0v) is 14.5. The third-order valence-electron chi connectivity index (χ3n) is 3.14. The van der Waals surface area contributed by atoms with E-state index in [0.29, 0.717) is 0 Å². The minimum absolute atomic E-state index is 0.185. The van der Waals surface area contributed by atoms with Gasteiger partial charge in [0.2, 0.25) is 0 Å². The summed E-state index contributed by atoms with van der Waals surface area (Å²) in [5.41, 5.74) is 0.510. The van der Waals surface area contributed by atoms with Gasteiger partial charge in [-0.1, -0.05) is 31.8 Å². The highest BCUT2D eigenvalue weighted by Gasteiger charge is 2.54. The molecule has 122 valence electrons. The van der Waals surface area contributed by atoms with E-state index in [2.05, 4.69) is 11.5 Å². The van der Waals surface area contributed by atoms with Crippen LogP contribution >= 0.6 is 0 Å². The van der Waals surface area contributed by atoms with Crippen molar-refractivity contribution in [1.29, 1.82) is 0 Å². The normalized spacial score (nSPS) is 14.8. The van der Waals surface area contributed by atoms with E-state index in [1.165, 1.54) is 12.1 Å². The van der Waals surface area contributed by atoms with Crippen LogP contribution in [0, 0.1) is 11.5 Å². The molecule has 0 aliphatic heterocycles. The highest BCUT2D eigenvalue weighted by Crippen LogP contribution is 2.41. The fraction of sp³-hybridized carbons (Fsp3) is 0.500. The molecule has 0 saturated carbocycles. The zero-order valence-electron chi connectivity index (χ0n) is 13.5. The summed E-state index contributed by atoms with van der Waals surface area (Å²) < 4.78 is 40.1. The Morgan fingerprint density at radius 2 is 1.59 bits per heavy atom. The minimum Gasteiger partial charge on any atom is -0.378 e. The first kappa shape index (κ1) is 18.6. The zero-order chi connectivity index (χ0) is 17.2. The van der Waals surface area contributed by atoms with Crippen molar-refractivity contribution in [2.24, 2.45) is 0 Å². The quantitative estimate of drug-likeness (QED) is 0.674. The van der Waals surface area contributed by atoms with Crippen LogP contribution in [0.3, 0.4) is 0 Å². The topological polar surface area (TPSA) is 23.5 Å². The molecular weight excluding hydrogens is 307 g/mol. The van der Waals surface area contributed by atoms with Gasteiger partial charge in [0.25, 0.3) is 0 Å². The van der Waals surface area contributed by atoms with E-state index < -0.39 is 26.3 Å². The van der Waals surface area contributed by atoms with Gasteiger partial charge < -0.3 is 10.0 Å². The molecule has 1 atom stereocenters. The van der Waals surface area contributed by atoms with E-state index in [1.807, 2.05) is 19.6 Å². The van der Waals surface area contributed by atoms with E-state index in [0.717, 1.165) is 5.69 Å². The summed E-state index contributed by atoms with van der Waals surface area (Å²) in [6.07, 6.45) is -5.43. The molecule has 6 heteroatoms. The molecule has 0 aromatic heterocycles. The van der Waals surface area contributed by atoms with E-state index in [1.54, 1.807) is 31.1 Å². The second-order valence-electron chi connectivity index (χ2n) is 6.53. The van der Waals surface area contributed by atoms with Crippen molar-refractivity contribution in [1.82, 2.24) is 0 Å². The van der Waals surface area contributed by atoms with Crippen LogP contribution in [0.25, 0.3) is 0 Å². The molecule has 0 unspecified atom stereocenters. The van der Waals surface area contributed by atoms with E-state index in [9.17, 15) is 18.3 Å². The van der Waals surface area contributed by atoms with Crippen LogP contribution in [0.4, 0.5) is 18.9 Å². The molecule has 0 aliphatic rings. The van der Waals surface area contributed by atoms with Crippen molar-refractivity contribution in [2.75, 3.05) is 19.0 Å². The third-order valence-corrected chi connectivity index (χ3v) is 4.06. The highest BCUT2D eigenvalue weighted by molar-refractivity contribution is 6.83. The second-order valence-corrected chi connectivity index (χ2v) is 11.3. The van der Waals surface area contributed by atoms with Crippen LogP contribution in [0.1, 0.15) is 12.0 Å². The molecule has 0 amide bonds. The monoisotopic (exact) mass is 329 g/mol. The Hall–Kier alpha value is -1.45. The molecule has 1 rings (SSSR count). The summed E-state index contributed by atoms with van der Waals surface area (Å²) in [6.45, 7) is 5.83. The maximum Gasteiger partial charge on any atom is 0.422 e. The first-order valence-corrected chi connectivity index (χ1v) is 10.4. The predicted molar refractivity (Wildman–Crippen MR) is 86.5 cm³/mol. The Morgan fingerprint density at radius 3 is 1.95 bits per heavy atom. The van der Waals surface area contributed by atoms with Crippen molar-refractivity contribution in [3.8, 4) is 11.5 Å². The smallest absolute Gasteiger partial charge is 0.378 e. The lowest BCUT2D eigenvalue weighted by Gasteiger charge is -2.29. The number of anilines is 1. The number of hydrogen-bond donors (Lipinski definition) is 1. The number of rotatable bonds is 3. The molecule has 0 saturated heterocycles. The largest absolute Gasteiger partial charge is 0.422 e. The Bertz CT molecular complexity index is 564.